The fourth-order valence-corrected chi connectivity index (χ4v) is 3.38. The van der Waals surface area contributed by atoms with E-state index in [1.807, 2.05) is 73.8 Å². The molecule has 140 valence electrons. The lowest BCUT2D eigenvalue weighted by molar-refractivity contribution is 0.262. The van der Waals surface area contributed by atoms with Crippen molar-refractivity contribution in [3.8, 4) is 22.2 Å². The van der Waals surface area contributed by atoms with Crippen LogP contribution in [0.3, 0.4) is 0 Å². The Morgan fingerprint density at radius 2 is 1.93 bits per heavy atom. The van der Waals surface area contributed by atoms with Crippen LogP contribution in [0.4, 0.5) is 16.2 Å². The van der Waals surface area contributed by atoms with Crippen molar-refractivity contribution in [1.82, 2.24) is 10.1 Å². The second-order valence-electron chi connectivity index (χ2n) is 6.38. The maximum Gasteiger partial charge on any atom is 0.323 e. The van der Waals surface area contributed by atoms with E-state index in [2.05, 4.69) is 20.8 Å². The second kappa shape index (κ2) is 7.66. The first-order valence-electron chi connectivity index (χ1n) is 8.72. The van der Waals surface area contributed by atoms with Crippen LogP contribution in [0.25, 0.3) is 22.2 Å². The van der Waals surface area contributed by atoms with Crippen LogP contribution in [0, 0.1) is 13.8 Å². The largest absolute Gasteiger partial charge is 0.333 e. The zero-order valence-corrected chi connectivity index (χ0v) is 16.2. The molecule has 0 radical (unpaired) electrons. The van der Waals surface area contributed by atoms with E-state index < -0.39 is 0 Å². The molecule has 0 saturated carbocycles. The predicted molar refractivity (Wildman–Crippen MR) is 112 cm³/mol. The van der Waals surface area contributed by atoms with Gasteiger partial charge in [0.1, 0.15) is 0 Å². The number of aromatic nitrogens is 2. The molecular weight excluding hydrogens is 372 g/mol. The summed E-state index contributed by atoms with van der Waals surface area (Å²) in [5.41, 5.74) is 4.27. The summed E-state index contributed by atoms with van der Waals surface area (Å²) in [5, 5.41) is 11.7. The summed E-state index contributed by atoms with van der Waals surface area (Å²) >= 11 is 1.54. The summed E-state index contributed by atoms with van der Waals surface area (Å²) in [4.78, 5) is 17.7. The number of carbonyl (C=O) groups is 1. The molecule has 0 bridgehead atoms. The molecule has 4 aromatic rings. The van der Waals surface area contributed by atoms with Gasteiger partial charge in [-0.15, -0.1) is 11.3 Å². The van der Waals surface area contributed by atoms with Gasteiger partial charge in [0.2, 0.25) is 5.82 Å². The Balaban J connectivity index is 1.49. The highest BCUT2D eigenvalue weighted by molar-refractivity contribution is 7.13. The molecule has 4 rings (SSSR count). The van der Waals surface area contributed by atoms with E-state index in [0.29, 0.717) is 17.4 Å². The van der Waals surface area contributed by atoms with Crippen molar-refractivity contribution >= 4 is 28.7 Å². The summed E-state index contributed by atoms with van der Waals surface area (Å²) in [7, 11) is 0. The number of hydrogen-bond acceptors (Lipinski definition) is 5. The molecule has 0 aliphatic rings. The number of amides is 2. The smallest absolute Gasteiger partial charge is 0.323 e. The maximum absolute atomic E-state index is 12.4. The van der Waals surface area contributed by atoms with Gasteiger partial charge >= 0.3 is 6.03 Å². The molecule has 2 heterocycles. The molecule has 0 spiro atoms. The Morgan fingerprint density at radius 3 is 2.75 bits per heavy atom. The number of thiophene rings is 1. The van der Waals surface area contributed by atoms with E-state index >= 15 is 0 Å². The summed E-state index contributed by atoms with van der Waals surface area (Å²) in [5.74, 6) is 0.956. The molecule has 2 aromatic heterocycles. The van der Waals surface area contributed by atoms with Crippen LogP contribution in [0.2, 0.25) is 0 Å². The standard InChI is InChI=1S/C21H18N4O2S/c1-13-8-9-14(2)17(11-13)23-21(26)22-16-6-3-5-15(12-16)19-24-20(27-25-19)18-7-4-10-28-18/h3-12H,1-2H3,(H2,22,23,26). The van der Waals surface area contributed by atoms with E-state index in [9.17, 15) is 4.79 Å². The van der Waals surface area contributed by atoms with E-state index in [-0.39, 0.29) is 6.03 Å². The highest BCUT2D eigenvalue weighted by Crippen LogP contribution is 2.27. The van der Waals surface area contributed by atoms with Gasteiger partial charge in [0.25, 0.3) is 5.89 Å². The monoisotopic (exact) mass is 390 g/mol. The Morgan fingerprint density at radius 1 is 1.04 bits per heavy atom. The van der Waals surface area contributed by atoms with Crippen LogP contribution in [-0.4, -0.2) is 16.2 Å². The third kappa shape index (κ3) is 3.94. The van der Waals surface area contributed by atoms with Crippen LogP contribution in [0.1, 0.15) is 11.1 Å². The van der Waals surface area contributed by atoms with Gasteiger partial charge in [-0.2, -0.15) is 4.98 Å². The lowest BCUT2D eigenvalue weighted by Gasteiger charge is -2.11. The molecule has 0 aliphatic heterocycles. The lowest BCUT2D eigenvalue weighted by atomic mass is 10.1. The van der Waals surface area contributed by atoms with E-state index in [1.165, 1.54) is 11.3 Å². The highest BCUT2D eigenvalue weighted by atomic mass is 32.1. The number of nitrogens with one attached hydrogen (secondary N) is 2. The summed E-state index contributed by atoms with van der Waals surface area (Å²) in [6.07, 6.45) is 0. The minimum atomic E-state index is -0.307. The summed E-state index contributed by atoms with van der Waals surface area (Å²) in [6.45, 7) is 3.94. The van der Waals surface area contributed by atoms with Gasteiger partial charge in [-0.25, -0.2) is 4.79 Å². The molecular formula is C21H18N4O2S. The fraction of sp³-hybridized carbons (Fsp3) is 0.0952. The quantitative estimate of drug-likeness (QED) is 0.467. The van der Waals surface area contributed by atoms with Crippen LogP contribution >= 0.6 is 11.3 Å². The van der Waals surface area contributed by atoms with E-state index in [0.717, 1.165) is 27.3 Å². The number of hydrogen-bond donors (Lipinski definition) is 2. The van der Waals surface area contributed by atoms with Crippen LogP contribution < -0.4 is 10.6 Å². The number of aryl methyl sites for hydroxylation is 2. The summed E-state index contributed by atoms with van der Waals surface area (Å²) < 4.78 is 5.34. The van der Waals surface area contributed by atoms with Crippen molar-refractivity contribution in [2.75, 3.05) is 10.6 Å². The minimum absolute atomic E-state index is 0.307. The van der Waals surface area contributed by atoms with Crippen molar-refractivity contribution < 1.29 is 9.32 Å². The predicted octanol–water partition coefficient (Wildman–Crippen LogP) is 5.73. The lowest BCUT2D eigenvalue weighted by Crippen LogP contribution is -2.20. The Kier molecular flexibility index (Phi) is 4.90. The van der Waals surface area contributed by atoms with Crippen LogP contribution in [0.15, 0.2) is 64.5 Å². The normalized spacial score (nSPS) is 10.6. The van der Waals surface area contributed by atoms with Gasteiger partial charge in [-0.1, -0.05) is 35.5 Å². The molecule has 2 amide bonds. The molecule has 0 unspecified atom stereocenters. The molecule has 2 aromatic carbocycles. The molecule has 0 fully saturated rings. The first-order chi connectivity index (χ1) is 13.6. The van der Waals surface area contributed by atoms with Gasteiger partial charge in [-0.05, 0) is 54.6 Å². The molecule has 2 N–H and O–H groups in total. The maximum atomic E-state index is 12.4. The number of carbonyl (C=O) groups excluding carboxylic acids is 1. The molecule has 6 nitrogen and oxygen atoms in total. The van der Waals surface area contributed by atoms with Gasteiger partial charge in [0, 0.05) is 16.9 Å². The Bertz CT molecular complexity index is 1120. The summed E-state index contributed by atoms with van der Waals surface area (Å²) in [6, 6.07) is 16.8. The minimum Gasteiger partial charge on any atom is -0.333 e. The van der Waals surface area contributed by atoms with Gasteiger partial charge < -0.3 is 15.2 Å². The van der Waals surface area contributed by atoms with Crippen molar-refractivity contribution in [3.63, 3.8) is 0 Å². The molecule has 0 aliphatic carbocycles. The second-order valence-corrected chi connectivity index (χ2v) is 7.33. The molecule has 7 heteroatoms. The molecule has 0 atom stereocenters. The van der Waals surface area contributed by atoms with Crippen LogP contribution in [-0.2, 0) is 0 Å². The number of nitrogens with zero attached hydrogens (tertiary/aromatic N) is 2. The molecule has 28 heavy (non-hydrogen) atoms. The third-order valence-electron chi connectivity index (χ3n) is 4.18. The van der Waals surface area contributed by atoms with Crippen molar-refractivity contribution in [1.29, 1.82) is 0 Å². The number of benzene rings is 2. The average Bonchev–Trinajstić information content (AvgIpc) is 3.36. The first-order valence-corrected chi connectivity index (χ1v) is 9.60. The highest BCUT2D eigenvalue weighted by Gasteiger charge is 2.12. The van der Waals surface area contributed by atoms with Crippen LogP contribution in [0.5, 0.6) is 0 Å². The van der Waals surface area contributed by atoms with E-state index in [1.54, 1.807) is 0 Å². The number of urea groups is 1. The Hall–Kier alpha value is -3.45. The zero-order chi connectivity index (χ0) is 19.5. The number of rotatable bonds is 4. The van der Waals surface area contributed by atoms with Crippen molar-refractivity contribution in [3.05, 3.63) is 71.1 Å². The van der Waals surface area contributed by atoms with Crippen molar-refractivity contribution in [2.24, 2.45) is 0 Å². The molecule has 0 saturated heterocycles. The van der Waals surface area contributed by atoms with Gasteiger partial charge in [-0.3, -0.25) is 0 Å². The van der Waals surface area contributed by atoms with E-state index in [4.69, 9.17) is 4.52 Å². The average molecular weight is 390 g/mol. The first kappa shape index (κ1) is 17.9. The third-order valence-corrected chi connectivity index (χ3v) is 5.04. The number of anilines is 2. The van der Waals surface area contributed by atoms with Gasteiger partial charge in [0.05, 0.1) is 4.88 Å². The van der Waals surface area contributed by atoms with Gasteiger partial charge in [0.15, 0.2) is 0 Å². The SMILES string of the molecule is Cc1ccc(C)c(NC(=O)Nc2cccc(-c3noc(-c4cccs4)n3)c2)c1. The Labute approximate surface area is 166 Å². The fourth-order valence-electron chi connectivity index (χ4n) is 2.73. The zero-order valence-electron chi connectivity index (χ0n) is 15.4. The van der Waals surface area contributed by atoms with Crippen molar-refractivity contribution in [2.45, 2.75) is 13.8 Å². The topological polar surface area (TPSA) is 80.0 Å².